The number of hydrogen-bond donors (Lipinski definition) is 2. The predicted octanol–water partition coefficient (Wildman–Crippen LogP) is 4.68. The summed E-state index contributed by atoms with van der Waals surface area (Å²) in [7, 11) is -1.30. The van der Waals surface area contributed by atoms with Gasteiger partial charge in [0.25, 0.3) is 21.8 Å². The summed E-state index contributed by atoms with van der Waals surface area (Å²) in [5, 5.41) is 6.75. The second kappa shape index (κ2) is 14.9. The van der Waals surface area contributed by atoms with E-state index in [9.17, 15) is 18.0 Å². The van der Waals surface area contributed by atoms with Gasteiger partial charge in [-0.3, -0.25) is 13.9 Å². The fourth-order valence-electron chi connectivity index (χ4n) is 4.11. The van der Waals surface area contributed by atoms with Crippen molar-refractivity contribution in [2.24, 2.45) is 5.10 Å². The molecule has 12 heteroatoms. The zero-order chi connectivity index (χ0) is 32.4. The zero-order valence-electron chi connectivity index (χ0n) is 25.3. The number of anilines is 2. The summed E-state index contributed by atoms with van der Waals surface area (Å²) in [6.45, 7) is 3.07. The standard InChI is InChI=1S/C33H34N4O7S/c1-23-5-11-26(12-6-23)35-33(39)22-44-27-13-9-25(10-14-27)20-34-36-32(38)21-37(30-18-15-28(42-3)19-31(30)43-4)45(40,41)29-16-7-24(2)8-17-29/h5-20H,21-22H2,1-4H3,(H,35,39)(H,36,38)/b34-20+. The van der Waals surface area contributed by atoms with E-state index >= 15 is 0 Å². The smallest absolute Gasteiger partial charge is 0.264 e. The Labute approximate surface area is 262 Å². The van der Waals surface area contributed by atoms with Gasteiger partial charge in [0.15, 0.2) is 6.61 Å². The van der Waals surface area contributed by atoms with Gasteiger partial charge >= 0.3 is 0 Å². The molecule has 0 aromatic heterocycles. The van der Waals surface area contributed by atoms with Gasteiger partial charge in [-0.2, -0.15) is 5.10 Å². The predicted molar refractivity (Wildman–Crippen MR) is 173 cm³/mol. The van der Waals surface area contributed by atoms with E-state index in [0.717, 1.165) is 15.4 Å². The zero-order valence-corrected chi connectivity index (χ0v) is 26.1. The maximum Gasteiger partial charge on any atom is 0.264 e. The minimum absolute atomic E-state index is 0.0113. The average molecular weight is 631 g/mol. The van der Waals surface area contributed by atoms with Crippen LogP contribution in [0, 0.1) is 13.8 Å². The van der Waals surface area contributed by atoms with Crippen LogP contribution in [-0.4, -0.2) is 53.8 Å². The Morgan fingerprint density at radius 2 is 1.42 bits per heavy atom. The van der Waals surface area contributed by atoms with Crippen LogP contribution in [0.3, 0.4) is 0 Å². The van der Waals surface area contributed by atoms with Crippen LogP contribution < -0.4 is 29.3 Å². The van der Waals surface area contributed by atoms with Crippen LogP contribution in [0.15, 0.2) is 101 Å². The number of rotatable bonds is 13. The van der Waals surface area contributed by atoms with E-state index in [1.807, 2.05) is 38.1 Å². The third-order valence-corrected chi connectivity index (χ3v) is 8.31. The molecule has 2 N–H and O–H groups in total. The summed E-state index contributed by atoms with van der Waals surface area (Å²) < 4.78 is 44.6. The first-order valence-corrected chi connectivity index (χ1v) is 15.3. The normalized spacial score (nSPS) is 11.1. The first-order chi connectivity index (χ1) is 21.6. The first kappa shape index (κ1) is 32.6. The van der Waals surface area contributed by atoms with Crippen molar-refractivity contribution in [1.82, 2.24) is 5.43 Å². The summed E-state index contributed by atoms with van der Waals surface area (Å²) in [5.41, 5.74) is 5.83. The molecule has 0 radical (unpaired) electrons. The molecule has 4 rings (SSSR count). The lowest BCUT2D eigenvalue weighted by molar-refractivity contribution is -0.119. The Hall–Kier alpha value is -5.36. The lowest BCUT2D eigenvalue weighted by Crippen LogP contribution is -2.39. The number of amides is 2. The first-order valence-electron chi connectivity index (χ1n) is 13.8. The number of nitrogens with one attached hydrogen (secondary N) is 2. The van der Waals surface area contributed by atoms with Gasteiger partial charge in [-0.15, -0.1) is 0 Å². The third-order valence-electron chi connectivity index (χ3n) is 6.54. The van der Waals surface area contributed by atoms with Crippen LogP contribution in [0.5, 0.6) is 17.2 Å². The van der Waals surface area contributed by atoms with Crippen LogP contribution in [0.4, 0.5) is 11.4 Å². The minimum Gasteiger partial charge on any atom is -0.497 e. The second-order valence-electron chi connectivity index (χ2n) is 9.93. The van der Waals surface area contributed by atoms with Gasteiger partial charge in [0, 0.05) is 11.8 Å². The van der Waals surface area contributed by atoms with E-state index < -0.39 is 22.5 Å². The minimum atomic E-state index is -4.17. The number of hydrogen-bond acceptors (Lipinski definition) is 8. The lowest BCUT2D eigenvalue weighted by Gasteiger charge is -2.25. The quantitative estimate of drug-likeness (QED) is 0.162. The third kappa shape index (κ3) is 8.83. The molecule has 0 aliphatic heterocycles. The lowest BCUT2D eigenvalue weighted by atomic mass is 10.2. The highest BCUT2D eigenvalue weighted by Crippen LogP contribution is 2.35. The molecule has 0 atom stereocenters. The molecule has 0 bridgehead atoms. The van der Waals surface area contributed by atoms with E-state index in [2.05, 4.69) is 15.8 Å². The van der Waals surface area contributed by atoms with Crippen LogP contribution in [0.1, 0.15) is 16.7 Å². The van der Waals surface area contributed by atoms with E-state index in [0.29, 0.717) is 22.7 Å². The molecule has 0 saturated carbocycles. The Kier molecular flexibility index (Phi) is 10.8. The molecule has 45 heavy (non-hydrogen) atoms. The van der Waals surface area contributed by atoms with Crippen molar-refractivity contribution in [3.8, 4) is 17.2 Å². The number of carbonyl (C=O) groups is 2. The van der Waals surface area contributed by atoms with Gasteiger partial charge < -0.3 is 19.5 Å². The molecule has 0 unspecified atom stereocenters. The number of nitrogens with zero attached hydrogens (tertiary/aromatic N) is 2. The SMILES string of the molecule is COc1ccc(N(CC(=O)N/N=C/c2ccc(OCC(=O)Nc3ccc(C)cc3)cc2)S(=O)(=O)c2ccc(C)cc2)c(OC)c1. The molecular formula is C33H34N4O7S. The number of hydrazone groups is 1. The van der Waals surface area contributed by atoms with Gasteiger partial charge in [-0.1, -0.05) is 35.4 Å². The molecule has 4 aromatic carbocycles. The van der Waals surface area contributed by atoms with Crippen LogP contribution in [0.2, 0.25) is 0 Å². The second-order valence-corrected chi connectivity index (χ2v) is 11.8. The molecule has 0 heterocycles. The Morgan fingerprint density at radius 3 is 2.04 bits per heavy atom. The summed E-state index contributed by atoms with van der Waals surface area (Å²) in [4.78, 5) is 25.2. The fraction of sp³-hybridized carbons (Fsp3) is 0.182. The van der Waals surface area contributed by atoms with Gasteiger partial charge in [0.1, 0.15) is 23.8 Å². The van der Waals surface area contributed by atoms with E-state index in [-0.39, 0.29) is 28.8 Å². The summed E-state index contributed by atoms with van der Waals surface area (Å²) in [5.74, 6) is 0.161. The maximum absolute atomic E-state index is 13.7. The van der Waals surface area contributed by atoms with Crippen molar-refractivity contribution in [3.05, 3.63) is 108 Å². The molecule has 0 saturated heterocycles. The van der Waals surface area contributed by atoms with Crippen molar-refractivity contribution in [3.63, 3.8) is 0 Å². The number of methoxy groups -OCH3 is 2. The van der Waals surface area contributed by atoms with Crippen molar-refractivity contribution in [2.45, 2.75) is 18.7 Å². The van der Waals surface area contributed by atoms with Gasteiger partial charge in [0.2, 0.25) is 0 Å². The summed E-state index contributed by atoms with van der Waals surface area (Å²) >= 11 is 0. The molecule has 0 aliphatic rings. The van der Waals surface area contributed by atoms with Gasteiger partial charge in [0.05, 0.1) is 31.0 Å². The molecule has 0 aliphatic carbocycles. The Balaban J connectivity index is 1.40. The number of aryl methyl sites for hydroxylation is 2. The molecule has 0 spiro atoms. The molecular weight excluding hydrogens is 596 g/mol. The molecule has 11 nitrogen and oxygen atoms in total. The van der Waals surface area contributed by atoms with Crippen LogP contribution in [-0.2, 0) is 19.6 Å². The summed E-state index contributed by atoms with van der Waals surface area (Å²) in [6, 6.07) is 25.1. The largest absolute Gasteiger partial charge is 0.497 e. The van der Waals surface area contributed by atoms with Crippen LogP contribution in [0.25, 0.3) is 0 Å². The Bertz CT molecular complexity index is 1760. The monoisotopic (exact) mass is 630 g/mol. The topological polar surface area (TPSA) is 136 Å². The molecule has 234 valence electrons. The fourth-order valence-corrected chi connectivity index (χ4v) is 5.54. The molecule has 2 amide bonds. The van der Waals surface area contributed by atoms with Crippen molar-refractivity contribution >= 4 is 39.4 Å². The highest BCUT2D eigenvalue weighted by Gasteiger charge is 2.29. The maximum atomic E-state index is 13.7. The number of benzene rings is 4. The van der Waals surface area contributed by atoms with E-state index in [1.54, 1.807) is 42.5 Å². The van der Waals surface area contributed by atoms with Crippen LogP contribution >= 0.6 is 0 Å². The highest BCUT2D eigenvalue weighted by atomic mass is 32.2. The number of carbonyl (C=O) groups excluding carboxylic acids is 2. The van der Waals surface area contributed by atoms with E-state index in [1.165, 1.54) is 44.7 Å². The van der Waals surface area contributed by atoms with Crippen molar-refractivity contribution in [2.75, 3.05) is 37.0 Å². The summed E-state index contributed by atoms with van der Waals surface area (Å²) in [6.07, 6.45) is 1.40. The highest BCUT2D eigenvalue weighted by molar-refractivity contribution is 7.92. The van der Waals surface area contributed by atoms with Crippen molar-refractivity contribution < 1.29 is 32.2 Å². The molecule has 4 aromatic rings. The Morgan fingerprint density at radius 1 is 0.800 bits per heavy atom. The number of ether oxygens (including phenoxy) is 3. The van der Waals surface area contributed by atoms with Crippen molar-refractivity contribution in [1.29, 1.82) is 0 Å². The number of sulfonamides is 1. The van der Waals surface area contributed by atoms with Gasteiger partial charge in [-0.05, 0) is 80.1 Å². The van der Waals surface area contributed by atoms with Gasteiger partial charge in [-0.25, -0.2) is 13.8 Å². The average Bonchev–Trinajstić information content (AvgIpc) is 3.04. The molecule has 0 fully saturated rings. The van der Waals surface area contributed by atoms with E-state index in [4.69, 9.17) is 14.2 Å².